The molecule has 0 fully saturated rings. The summed E-state index contributed by atoms with van der Waals surface area (Å²) < 4.78 is 5.11. The van der Waals surface area contributed by atoms with Gasteiger partial charge in [-0.05, 0) is 43.7 Å². The van der Waals surface area contributed by atoms with Gasteiger partial charge in [0, 0.05) is 45.1 Å². The SMILES string of the molecule is CC[C@H](CN(C)Cc1ccccc1)N/C(=N/CCCOC)Nc1cccc(C(=O)O)c1. The van der Waals surface area contributed by atoms with Gasteiger partial charge in [-0.25, -0.2) is 4.79 Å². The molecule has 0 aliphatic carbocycles. The normalized spacial score (nSPS) is 12.6. The highest BCUT2D eigenvalue weighted by Crippen LogP contribution is 2.11. The van der Waals surface area contributed by atoms with Crippen molar-refractivity contribution in [2.75, 3.05) is 39.2 Å². The first-order valence-electron chi connectivity index (χ1n) is 10.6. The number of guanidine groups is 1. The van der Waals surface area contributed by atoms with E-state index in [-0.39, 0.29) is 11.6 Å². The molecule has 0 aromatic heterocycles. The van der Waals surface area contributed by atoms with Crippen molar-refractivity contribution in [3.05, 3.63) is 65.7 Å². The zero-order valence-electron chi connectivity index (χ0n) is 18.7. The molecule has 0 radical (unpaired) electrons. The second-order valence-corrected chi connectivity index (χ2v) is 7.52. The Hall–Kier alpha value is -2.90. The van der Waals surface area contributed by atoms with E-state index in [9.17, 15) is 9.90 Å². The third-order valence-corrected chi connectivity index (χ3v) is 4.81. The summed E-state index contributed by atoms with van der Waals surface area (Å²) in [7, 11) is 3.78. The van der Waals surface area contributed by atoms with Crippen LogP contribution in [0.25, 0.3) is 0 Å². The molecule has 2 aromatic carbocycles. The molecule has 1 atom stereocenters. The summed E-state index contributed by atoms with van der Waals surface area (Å²) in [6.45, 7) is 5.11. The fourth-order valence-corrected chi connectivity index (χ4v) is 3.19. The number of anilines is 1. The van der Waals surface area contributed by atoms with Gasteiger partial charge < -0.3 is 25.4 Å². The second kappa shape index (κ2) is 13.4. The van der Waals surface area contributed by atoms with E-state index in [0.717, 1.165) is 25.9 Å². The highest BCUT2D eigenvalue weighted by molar-refractivity contribution is 5.95. The molecular weight excluding hydrogens is 392 g/mol. The maximum Gasteiger partial charge on any atom is 0.335 e. The summed E-state index contributed by atoms with van der Waals surface area (Å²) in [6.07, 6.45) is 1.73. The highest BCUT2D eigenvalue weighted by atomic mass is 16.5. The number of carboxylic acid groups (broad SMARTS) is 1. The maximum absolute atomic E-state index is 11.3. The molecule has 7 nitrogen and oxygen atoms in total. The van der Waals surface area contributed by atoms with Crippen molar-refractivity contribution >= 4 is 17.6 Å². The topological polar surface area (TPSA) is 86.2 Å². The van der Waals surface area contributed by atoms with Gasteiger partial charge in [0.05, 0.1) is 5.56 Å². The van der Waals surface area contributed by atoms with Crippen molar-refractivity contribution in [2.45, 2.75) is 32.4 Å². The minimum absolute atomic E-state index is 0.185. The van der Waals surface area contributed by atoms with Crippen LogP contribution in [0.2, 0.25) is 0 Å². The molecule has 168 valence electrons. The number of nitrogens with one attached hydrogen (secondary N) is 2. The van der Waals surface area contributed by atoms with E-state index in [2.05, 4.69) is 58.8 Å². The lowest BCUT2D eigenvalue weighted by molar-refractivity contribution is 0.0697. The Morgan fingerprint density at radius 1 is 1.19 bits per heavy atom. The van der Waals surface area contributed by atoms with Crippen molar-refractivity contribution in [2.24, 2.45) is 4.99 Å². The van der Waals surface area contributed by atoms with Crippen molar-refractivity contribution in [3.8, 4) is 0 Å². The summed E-state index contributed by atoms with van der Waals surface area (Å²) in [4.78, 5) is 18.2. The van der Waals surface area contributed by atoms with Crippen LogP contribution in [-0.4, -0.2) is 61.8 Å². The molecule has 2 aromatic rings. The Labute approximate surface area is 185 Å². The first-order chi connectivity index (χ1) is 15.0. The van der Waals surface area contributed by atoms with E-state index in [0.29, 0.717) is 24.8 Å². The molecule has 0 aliphatic rings. The number of hydrogen-bond acceptors (Lipinski definition) is 4. The maximum atomic E-state index is 11.3. The van der Waals surface area contributed by atoms with Gasteiger partial charge in [0.15, 0.2) is 5.96 Å². The van der Waals surface area contributed by atoms with Crippen LogP contribution in [0.15, 0.2) is 59.6 Å². The average Bonchev–Trinajstić information content (AvgIpc) is 2.77. The first kappa shape index (κ1) is 24.4. The van der Waals surface area contributed by atoms with Gasteiger partial charge in [0.1, 0.15) is 0 Å². The third-order valence-electron chi connectivity index (χ3n) is 4.81. The van der Waals surface area contributed by atoms with Crippen molar-refractivity contribution in [1.29, 1.82) is 0 Å². The lowest BCUT2D eigenvalue weighted by Crippen LogP contribution is -2.45. The quantitative estimate of drug-likeness (QED) is 0.273. The van der Waals surface area contributed by atoms with Gasteiger partial charge >= 0.3 is 5.97 Å². The van der Waals surface area contributed by atoms with Crippen molar-refractivity contribution < 1.29 is 14.6 Å². The van der Waals surface area contributed by atoms with Crippen LogP contribution < -0.4 is 10.6 Å². The Kier molecular flexibility index (Phi) is 10.5. The first-order valence-corrected chi connectivity index (χ1v) is 10.6. The molecule has 0 saturated carbocycles. The Balaban J connectivity index is 2.05. The molecule has 3 N–H and O–H groups in total. The van der Waals surface area contributed by atoms with Crippen LogP contribution in [0, 0.1) is 0 Å². The van der Waals surface area contributed by atoms with Gasteiger partial charge in [-0.2, -0.15) is 0 Å². The average molecular weight is 427 g/mol. The summed E-state index contributed by atoms with van der Waals surface area (Å²) >= 11 is 0. The zero-order chi connectivity index (χ0) is 22.5. The monoisotopic (exact) mass is 426 g/mol. The number of rotatable bonds is 12. The molecule has 0 saturated heterocycles. The van der Waals surface area contributed by atoms with Gasteiger partial charge in [-0.1, -0.05) is 43.3 Å². The lowest BCUT2D eigenvalue weighted by atomic mass is 10.2. The van der Waals surface area contributed by atoms with Gasteiger partial charge in [0.25, 0.3) is 0 Å². The van der Waals surface area contributed by atoms with Crippen molar-refractivity contribution in [3.63, 3.8) is 0 Å². The molecule has 31 heavy (non-hydrogen) atoms. The predicted molar refractivity (Wildman–Crippen MR) is 126 cm³/mol. The van der Waals surface area contributed by atoms with E-state index in [4.69, 9.17) is 4.74 Å². The summed E-state index contributed by atoms with van der Waals surface area (Å²) in [5.74, 6) is -0.317. The molecule has 7 heteroatoms. The number of carboxylic acids is 1. The number of carbonyl (C=O) groups is 1. The van der Waals surface area contributed by atoms with Crippen LogP contribution in [0.5, 0.6) is 0 Å². The second-order valence-electron chi connectivity index (χ2n) is 7.52. The van der Waals surface area contributed by atoms with Gasteiger partial charge in [-0.15, -0.1) is 0 Å². The summed E-state index contributed by atoms with van der Waals surface area (Å²) in [6, 6.07) is 17.3. The van der Waals surface area contributed by atoms with Crippen LogP contribution in [-0.2, 0) is 11.3 Å². The number of aliphatic imine (C=N–C) groups is 1. The van der Waals surface area contributed by atoms with E-state index in [1.165, 1.54) is 5.56 Å². The largest absolute Gasteiger partial charge is 0.478 e. The van der Waals surface area contributed by atoms with E-state index >= 15 is 0 Å². The molecule has 0 unspecified atom stereocenters. The number of likely N-dealkylation sites (N-methyl/N-ethyl adjacent to an activating group) is 1. The van der Waals surface area contributed by atoms with Crippen molar-refractivity contribution in [1.82, 2.24) is 10.2 Å². The number of ether oxygens (including phenoxy) is 1. The van der Waals surface area contributed by atoms with E-state index in [1.807, 2.05) is 12.1 Å². The number of hydrogen-bond donors (Lipinski definition) is 3. The molecule has 0 heterocycles. The summed E-state index contributed by atoms with van der Waals surface area (Å²) in [5, 5.41) is 16.0. The molecule has 0 aliphatic heterocycles. The van der Waals surface area contributed by atoms with E-state index < -0.39 is 5.97 Å². The molecule has 2 rings (SSSR count). The van der Waals surface area contributed by atoms with Crippen LogP contribution >= 0.6 is 0 Å². The predicted octanol–water partition coefficient (Wildman–Crippen LogP) is 3.69. The van der Waals surface area contributed by atoms with Crippen LogP contribution in [0.3, 0.4) is 0 Å². The number of aromatic carboxylic acids is 1. The highest BCUT2D eigenvalue weighted by Gasteiger charge is 2.13. The van der Waals surface area contributed by atoms with Crippen LogP contribution in [0.4, 0.5) is 5.69 Å². The van der Waals surface area contributed by atoms with Crippen LogP contribution in [0.1, 0.15) is 35.7 Å². The number of nitrogens with zero attached hydrogens (tertiary/aromatic N) is 2. The molecular formula is C24H34N4O3. The van der Waals surface area contributed by atoms with Gasteiger partial charge in [0.2, 0.25) is 0 Å². The van der Waals surface area contributed by atoms with E-state index in [1.54, 1.807) is 25.3 Å². The minimum atomic E-state index is -0.954. The zero-order valence-corrected chi connectivity index (χ0v) is 18.7. The Morgan fingerprint density at radius 2 is 1.97 bits per heavy atom. The number of methoxy groups -OCH3 is 1. The van der Waals surface area contributed by atoms with Gasteiger partial charge in [-0.3, -0.25) is 4.99 Å². The third kappa shape index (κ3) is 9.19. The minimum Gasteiger partial charge on any atom is -0.478 e. The summed E-state index contributed by atoms with van der Waals surface area (Å²) in [5.41, 5.74) is 2.20. The smallest absolute Gasteiger partial charge is 0.335 e. The lowest BCUT2D eigenvalue weighted by Gasteiger charge is -2.26. The number of benzene rings is 2. The Bertz CT molecular complexity index is 827. The fraction of sp³-hybridized carbons (Fsp3) is 0.417. The Morgan fingerprint density at radius 3 is 2.65 bits per heavy atom. The standard InChI is InChI=1S/C24H34N4O3/c1-4-21(18-28(2)17-19-10-6-5-7-11-19)26-24(25-14-9-15-31-3)27-22-13-8-12-20(16-22)23(29)30/h5-8,10-13,16,21H,4,9,14-15,17-18H2,1-3H3,(H,29,30)(H2,25,26,27)/t21-/m1/s1. The fourth-order valence-electron chi connectivity index (χ4n) is 3.19. The molecule has 0 spiro atoms. The molecule has 0 bridgehead atoms. The molecule has 0 amide bonds.